The van der Waals surface area contributed by atoms with Crippen LogP contribution in [0.1, 0.15) is 136 Å². The van der Waals surface area contributed by atoms with Crippen LogP contribution in [-0.2, 0) is 0 Å². The standard InChI is InChI=1S/C27H51N/c1-4-7-10-13-16-19-22-25-28(26-23-20-17-14-11-8-5-2)27-24-21-18-15-12-9-6-3/h22-27H,4-21H2,1-3H3/b25-22+,26-23+,27-24+. The van der Waals surface area contributed by atoms with Gasteiger partial charge in [-0.2, -0.15) is 0 Å². The summed E-state index contributed by atoms with van der Waals surface area (Å²) in [5.41, 5.74) is 0. The molecule has 0 radical (unpaired) electrons. The smallest absolute Gasteiger partial charge is 0.00417 e. The lowest BCUT2D eigenvalue weighted by molar-refractivity contribution is 0.620. The normalized spacial score (nSPS) is 12.1. The molecule has 0 spiro atoms. The second-order valence-corrected chi connectivity index (χ2v) is 8.21. The Hall–Kier alpha value is -0.980. The van der Waals surface area contributed by atoms with Gasteiger partial charge in [-0.05, 0) is 38.5 Å². The van der Waals surface area contributed by atoms with Gasteiger partial charge in [0, 0.05) is 18.6 Å². The van der Waals surface area contributed by atoms with Crippen molar-refractivity contribution in [2.24, 2.45) is 0 Å². The number of allylic oxidation sites excluding steroid dienone is 3. The summed E-state index contributed by atoms with van der Waals surface area (Å²) in [7, 11) is 0. The van der Waals surface area contributed by atoms with Gasteiger partial charge in [-0.15, -0.1) is 0 Å². The zero-order valence-electron chi connectivity index (χ0n) is 19.6. The Balaban J connectivity index is 4.17. The molecule has 0 aromatic heterocycles. The molecule has 0 rings (SSSR count). The minimum Gasteiger partial charge on any atom is -0.332 e. The van der Waals surface area contributed by atoms with Crippen molar-refractivity contribution < 1.29 is 0 Å². The van der Waals surface area contributed by atoms with Gasteiger partial charge >= 0.3 is 0 Å². The third kappa shape index (κ3) is 21.3. The van der Waals surface area contributed by atoms with Crippen LogP contribution < -0.4 is 0 Å². The number of nitrogens with zero attached hydrogens (tertiary/aromatic N) is 1. The molecule has 0 aromatic carbocycles. The minimum absolute atomic E-state index is 1.20. The van der Waals surface area contributed by atoms with Gasteiger partial charge < -0.3 is 4.90 Å². The number of rotatable bonds is 21. The molecule has 0 unspecified atom stereocenters. The van der Waals surface area contributed by atoms with Gasteiger partial charge in [-0.25, -0.2) is 0 Å². The first kappa shape index (κ1) is 27.0. The first-order chi connectivity index (χ1) is 13.8. The molecular formula is C27H51N. The van der Waals surface area contributed by atoms with Gasteiger partial charge in [-0.3, -0.25) is 0 Å². The molecule has 164 valence electrons. The predicted octanol–water partition coefficient (Wildman–Crippen LogP) is 9.91. The molecule has 0 fully saturated rings. The minimum atomic E-state index is 1.20. The first-order valence-electron chi connectivity index (χ1n) is 12.6. The van der Waals surface area contributed by atoms with Crippen LogP contribution in [0.5, 0.6) is 0 Å². The Bertz CT molecular complexity index is 309. The Kier molecular flexibility index (Phi) is 23.2. The molecule has 0 N–H and O–H groups in total. The highest BCUT2D eigenvalue weighted by Crippen LogP contribution is 2.09. The van der Waals surface area contributed by atoms with Crippen LogP contribution in [0.25, 0.3) is 0 Å². The molecule has 0 bridgehead atoms. The van der Waals surface area contributed by atoms with E-state index in [2.05, 4.69) is 62.5 Å². The van der Waals surface area contributed by atoms with Gasteiger partial charge in [0.2, 0.25) is 0 Å². The predicted molar refractivity (Wildman–Crippen MR) is 129 cm³/mol. The van der Waals surface area contributed by atoms with Gasteiger partial charge in [0.05, 0.1) is 0 Å². The summed E-state index contributed by atoms with van der Waals surface area (Å²) in [6.45, 7) is 6.85. The first-order valence-corrected chi connectivity index (χ1v) is 12.6. The number of hydrogen-bond acceptors (Lipinski definition) is 1. The van der Waals surface area contributed by atoms with E-state index in [9.17, 15) is 0 Å². The van der Waals surface area contributed by atoms with Gasteiger partial charge in [0.1, 0.15) is 0 Å². The highest BCUT2D eigenvalue weighted by molar-refractivity contribution is 4.99. The maximum Gasteiger partial charge on any atom is 0.00417 e. The van der Waals surface area contributed by atoms with Gasteiger partial charge in [-0.1, -0.05) is 116 Å². The van der Waals surface area contributed by atoms with Crippen LogP contribution in [0.3, 0.4) is 0 Å². The second-order valence-electron chi connectivity index (χ2n) is 8.21. The monoisotopic (exact) mass is 389 g/mol. The highest BCUT2D eigenvalue weighted by atomic mass is 15.1. The van der Waals surface area contributed by atoms with Crippen molar-refractivity contribution in [3.8, 4) is 0 Å². The Morgan fingerprint density at radius 3 is 0.964 bits per heavy atom. The fraction of sp³-hybridized carbons (Fsp3) is 0.778. The quantitative estimate of drug-likeness (QED) is 0.176. The van der Waals surface area contributed by atoms with Crippen molar-refractivity contribution in [1.29, 1.82) is 0 Å². The summed E-state index contributed by atoms with van der Waals surface area (Å²) < 4.78 is 0. The third-order valence-electron chi connectivity index (χ3n) is 5.26. The van der Waals surface area contributed by atoms with Crippen molar-refractivity contribution in [3.05, 3.63) is 36.8 Å². The Morgan fingerprint density at radius 1 is 0.393 bits per heavy atom. The van der Waals surface area contributed by atoms with Crippen LogP contribution in [0.2, 0.25) is 0 Å². The molecule has 1 nitrogen and oxygen atoms in total. The molecule has 0 heterocycles. The van der Waals surface area contributed by atoms with Gasteiger partial charge in [0.15, 0.2) is 0 Å². The summed E-state index contributed by atoms with van der Waals surface area (Å²) >= 11 is 0. The average Bonchev–Trinajstić information content (AvgIpc) is 2.71. The summed E-state index contributed by atoms with van der Waals surface area (Å²) in [5, 5.41) is 0. The molecule has 0 saturated carbocycles. The van der Waals surface area contributed by atoms with Crippen LogP contribution >= 0.6 is 0 Å². The van der Waals surface area contributed by atoms with E-state index in [4.69, 9.17) is 0 Å². The zero-order valence-corrected chi connectivity index (χ0v) is 19.6. The van der Waals surface area contributed by atoms with E-state index in [0.29, 0.717) is 0 Å². The largest absolute Gasteiger partial charge is 0.332 e. The third-order valence-corrected chi connectivity index (χ3v) is 5.26. The molecule has 0 aromatic rings. The molecular weight excluding hydrogens is 338 g/mol. The van der Waals surface area contributed by atoms with E-state index >= 15 is 0 Å². The lowest BCUT2D eigenvalue weighted by atomic mass is 10.1. The van der Waals surface area contributed by atoms with E-state index in [1.165, 1.54) is 116 Å². The number of hydrogen-bond donors (Lipinski definition) is 0. The van der Waals surface area contributed by atoms with Crippen LogP contribution in [0.4, 0.5) is 0 Å². The summed E-state index contributed by atoms with van der Waals surface area (Å²) in [6.07, 6.45) is 37.9. The Labute approximate surface area is 178 Å². The fourth-order valence-corrected chi connectivity index (χ4v) is 3.34. The second kappa shape index (κ2) is 24.1. The van der Waals surface area contributed by atoms with E-state index in [1.807, 2.05) is 0 Å². The van der Waals surface area contributed by atoms with Crippen molar-refractivity contribution in [2.45, 2.75) is 136 Å². The summed E-state index contributed by atoms with van der Waals surface area (Å²) in [6, 6.07) is 0. The average molecular weight is 390 g/mol. The summed E-state index contributed by atoms with van der Waals surface area (Å²) in [4.78, 5) is 2.27. The maximum absolute atomic E-state index is 2.35. The molecule has 0 aliphatic carbocycles. The zero-order chi connectivity index (χ0) is 20.5. The van der Waals surface area contributed by atoms with Crippen LogP contribution in [0, 0.1) is 0 Å². The fourth-order valence-electron chi connectivity index (χ4n) is 3.34. The molecule has 0 atom stereocenters. The lowest BCUT2D eigenvalue weighted by Gasteiger charge is -2.10. The Morgan fingerprint density at radius 2 is 0.679 bits per heavy atom. The van der Waals surface area contributed by atoms with E-state index in [-0.39, 0.29) is 0 Å². The van der Waals surface area contributed by atoms with E-state index in [0.717, 1.165) is 0 Å². The van der Waals surface area contributed by atoms with Crippen molar-refractivity contribution in [1.82, 2.24) is 4.90 Å². The highest BCUT2D eigenvalue weighted by Gasteiger charge is 1.92. The molecule has 0 amide bonds. The summed E-state index contributed by atoms with van der Waals surface area (Å²) in [5.74, 6) is 0. The van der Waals surface area contributed by atoms with Gasteiger partial charge in [0.25, 0.3) is 0 Å². The maximum atomic E-state index is 2.35. The van der Waals surface area contributed by atoms with Crippen LogP contribution in [-0.4, -0.2) is 4.90 Å². The van der Waals surface area contributed by atoms with Crippen LogP contribution in [0.15, 0.2) is 36.8 Å². The molecule has 0 aliphatic heterocycles. The molecule has 1 heteroatoms. The lowest BCUT2D eigenvalue weighted by Crippen LogP contribution is -1.99. The SMILES string of the molecule is CCCCCCC/C=C/N(/C=C/CCCCCCC)/C=C/CCCCCCC. The van der Waals surface area contributed by atoms with Crippen molar-refractivity contribution in [2.75, 3.05) is 0 Å². The molecule has 0 aliphatic rings. The molecule has 28 heavy (non-hydrogen) atoms. The topological polar surface area (TPSA) is 3.24 Å². The molecule has 0 saturated heterocycles. The van der Waals surface area contributed by atoms with E-state index in [1.54, 1.807) is 0 Å². The number of unbranched alkanes of at least 4 members (excludes halogenated alkanes) is 15. The van der Waals surface area contributed by atoms with Crippen molar-refractivity contribution >= 4 is 0 Å². The van der Waals surface area contributed by atoms with E-state index < -0.39 is 0 Å². The van der Waals surface area contributed by atoms with Crippen molar-refractivity contribution in [3.63, 3.8) is 0 Å².